The lowest BCUT2D eigenvalue weighted by Crippen LogP contribution is -2.45. The first-order chi connectivity index (χ1) is 13.7. The van der Waals surface area contributed by atoms with Crippen LogP contribution in [-0.4, -0.2) is 29.6 Å². The van der Waals surface area contributed by atoms with Crippen LogP contribution >= 0.6 is 11.3 Å². The van der Waals surface area contributed by atoms with E-state index in [0.717, 1.165) is 33.8 Å². The van der Waals surface area contributed by atoms with Gasteiger partial charge in [-0.15, -0.1) is 11.3 Å². The predicted molar refractivity (Wildman–Crippen MR) is 113 cm³/mol. The topological polar surface area (TPSA) is 89.8 Å². The number of thiophene rings is 1. The van der Waals surface area contributed by atoms with Crippen molar-refractivity contribution in [1.82, 2.24) is 9.88 Å². The first-order valence-corrected chi connectivity index (χ1v) is 9.97. The highest BCUT2D eigenvalue weighted by molar-refractivity contribution is 7.16. The lowest BCUT2D eigenvalue weighted by molar-refractivity contribution is 0.203. The van der Waals surface area contributed by atoms with Crippen molar-refractivity contribution in [2.75, 3.05) is 13.7 Å². The van der Waals surface area contributed by atoms with E-state index in [1.54, 1.807) is 24.6 Å². The fourth-order valence-corrected chi connectivity index (χ4v) is 4.66. The molecule has 0 saturated carbocycles. The Morgan fingerprint density at radius 2 is 1.93 bits per heavy atom. The van der Waals surface area contributed by atoms with Crippen molar-refractivity contribution in [3.8, 4) is 11.1 Å². The summed E-state index contributed by atoms with van der Waals surface area (Å²) in [5, 5.41) is 0.882. The van der Waals surface area contributed by atoms with E-state index in [1.165, 1.54) is 4.88 Å². The van der Waals surface area contributed by atoms with Crippen LogP contribution in [0.3, 0.4) is 0 Å². The van der Waals surface area contributed by atoms with E-state index >= 15 is 0 Å². The van der Waals surface area contributed by atoms with Gasteiger partial charge in [-0.1, -0.05) is 36.4 Å². The fourth-order valence-electron chi connectivity index (χ4n) is 3.44. The van der Waals surface area contributed by atoms with Crippen LogP contribution in [0.1, 0.15) is 22.3 Å². The first-order valence-electron chi connectivity index (χ1n) is 9.15. The smallest absolute Gasteiger partial charge is 0.199 e. The van der Waals surface area contributed by atoms with Crippen molar-refractivity contribution < 1.29 is 4.74 Å². The first kappa shape index (κ1) is 18.6. The number of methoxy groups -OCH3 is 1. The quantitative estimate of drug-likeness (QED) is 0.670. The van der Waals surface area contributed by atoms with Crippen molar-refractivity contribution >= 4 is 22.3 Å². The third kappa shape index (κ3) is 3.52. The van der Waals surface area contributed by atoms with E-state index < -0.39 is 6.17 Å². The third-order valence-corrected chi connectivity index (χ3v) is 5.95. The van der Waals surface area contributed by atoms with Gasteiger partial charge in [0.1, 0.15) is 11.2 Å². The molecule has 144 valence electrons. The Hall–Kier alpha value is -2.74. The van der Waals surface area contributed by atoms with E-state index in [1.807, 2.05) is 41.3 Å². The Balaban J connectivity index is 1.78. The summed E-state index contributed by atoms with van der Waals surface area (Å²) in [5.74, 6) is 0.421. The van der Waals surface area contributed by atoms with Gasteiger partial charge in [0.15, 0.2) is 5.96 Å². The molecule has 7 heteroatoms. The maximum atomic E-state index is 6.72. The molecule has 4 N–H and O–H groups in total. The van der Waals surface area contributed by atoms with Gasteiger partial charge >= 0.3 is 0 Å². The number of benzene rings is 1. The summed E-state index contributed by atoms with van der Waals surface area (Å²) in [6.07, 6.45) is 2.19. The van der Waals surface area contributed by atoms with E-state index in [2.05, 4.69) is 22.1 Å². The Morgan fingerprint density at radius 1 is 1.14 bits per heavy atom. The molecule has 1 unspecified atom stereocenters. The number of aliphatic imine (C=N–C) groups is 1. The second-order valence-electron chi connectivity index (χ2n) is 6.59. The van der Waals surface area contributed by atoms with E-state index in [0.29, 0.717) is 19.1 Å². The van der Waals surface area contributed by atoms with Crippen molar-refractivity contribution in [2.24, 2.45) is 16.5 Å². The van der Waals surface area contributed by atoms with Gasteiger partial charge in [-0.3, -0.25) is 4.98 Å². The molecule has 3 aromatic rings. The monoisotopic (exact) mass is 393 g/mol. The second kappa shape index (κ2) is 8.10. The molecule has 1 atom stereocenters. The highest BCUT2D eigenvalue weighted by Crippen LogP contribution is 2.47. The van der Waals surface area contributed by atoms with Crippen LogP contribution in [0.15, 0.2) is 59.7 Å². The third-order valence-electron chi connectivity index (χ3n) is 4.79. The molecule has 0 fully saturated rings. The van der Waals surface area contributed by atoms with Crippen LogP contribution < -0.4 is 11.5 Å². The van der Waals surface area contributed by atoms with Gasteiger partial charge in [0, 0.05) is 35.7 Å². The summed E-state index contributed by atoms with van der Waals surface area (Å²) in [5.41, 5.74) is 17.2. The van der Waals surface area contributed by atoms with Gasteiger partial charge in [-0.25, -0.2) is 4.99 Å². The molecule has 0 aliphatic carbocycles. The molecule has 1 aliphatic rings. The summed E-state index contributed by atoms with van der Waals surface area (Å²) in [7, 11) is 1.71. The molecule has 2 aromatic heterocycles. The van der Waals surface area contributed by atoms with Gasteiger partial charge in [0.05, 0.1) is 18.8 Å². The SMILES string of the molecule is COCCc1sc2c(c1-c1ccccc1)C(N)N(Cc1ccccn1)C(N)=N2. The largest absolute Gasteiger partial charge is 0.384 e. The molecule has 3 heterocycles. The van der Waals surface area contributed by atoms with Crippen molar-refractivity contribution in [3.05, 3.63) is 70.9 Å². The number of ether oxygens (including phenoxy) is 1. The highest BCUT2D eigenvalue weighted by atomic mass is 32.1. The Labute approximate surface area is 168 Å². The van der Waals surface area contributed by atoms with Crippen molar-refractivity contribution in [3.63, 3.8) is 0 Å². The zero-order chi connectivity index (χ0) is 19.5. The van der Waals surface area contributed by atoms with Crippen LogP contribution in [0.4, 0.5) is 5.00 Å². The number of aromatic nitrogens is 1. The van der Waals surface area contributed by atoms with Gasteiger partial charge in [-0.2, -0.15) is 0 Å². The number of nitrogens with zero attached hydrogens (tertiary/aromatic N) is 3. The molecule has 4 rings (SSSR count). The number of hydrogen-bond acceptors (Lipinski definition) is 7. The molecule has 0 spiro atoms. The lowest BCUT2D eigenvalue weighted by Gasteiger charge is -2.33. The Kier molecular flexibility index (Phi) is 5.38. The zero-order valence-corrected chi connectivity index (χ0v) is 16.5. The normalized spacial score (nSPS) is 16.0. The number of pyridine rings is 1. The average Bonchev–Trinajstić information content (AvgIpc) is 3.09. The van der Waals surface area contributed by atoms with Crippen LogP contribution in [0, 0.1) is 0 Å². The molecular weight excluding hydrogens is 370 g/mol. The number of fused-ring (bicyclic) bond motifs is 1. The minimum atomic E-state index is -0.391. The Bertz CT molecular complexity index is 971. The predicted octanol–water partition coefficient (Wildman–Crippen LogP) is 3.42. The average molecular weight is 394 g/mol. The highest BCUT2D eigenvalue weighted by Gasteiger charge is 2.32. The van der Waals surface area contributed by atoms with Gasteiger partial charge in [0.25, 0.3) is 0 Å². The standard InChI is InChI=1S/C21H23N5OS/c1-27-12-10-16-17(14-7-3-2-4-8-14)18-19(22)26(21(23)25-20(18)28-16)13-15-9-5-6-11-24-15/h2-9,11,19H,10,12-13,22H2,1H3,(H2,23,25). The summed E-state index contributed by atoms with van der Waals surface area (Å²) < 4.78 is 5.31. The number of nitrogens with two attached hydrogens (primary N) is 2. The maximum absolute atomic E-state index is 6.72. The number of rotatable bonds is 6. The molecular formula is C21H23N5OS. The van der Waals surface area contributed by atoms with Crippen molar-refractivity contribution in [2.45, 2.75) is 19.1 Å². The summed E-state index contributed by atoms with van der Waals surface area (Å²) in [6.45, 7) is 1.15. The summed E-state index contributed by atoms with van der Waals surface area (Å²) in [4.78, 5) is 12.2. The van der Waals surface area contributed by atoms with Gasteiger partial charge < -0.3 is 21.1 Å². The molecule has 1 aromatic carbocycles. The minimum absolute atomic E-state index is 0.391. The van der Waals surface area contributed by atoms with Gasteiger partial charge in [0.2, 0.25) is 0 Å². The minimum Gasteiger partial charge on any atom is -0.384 e. The summed E-state index contributed by atoms with van der Waals surface area (Å²) in [6, 6.07) is 16.1. The molecule has 0 radical (unpaired) electrons. The molecule has 1 aliphatic heterocycles. The zero-order valence-electron chi connectivity index (χ0n) is 15.7. The molecule has 6 nitrogen and oxygen atoms in total. The van der Waals surface area contributed by atoms with Crippen LogP contribution in [0.2, 0.25) is 0 Å². The van der Waals surface area contributed by atoms with E-state index in [9.17, 15) is 0 Å². The van der Waals surface area contributed by atoms with E-state index in [4.69, 9.17) is 16.2 Å². The molecule has 0 bridgehead atoms. The number of hydrogen-bond donors (Lipinski definition) is 2. The van der Waals surface area contributed by atoms with Gasteiger partial charge in [-0.05, 0) is 17.7 Å². The van der Waals surface area contributed by atoms with Crippen LogP contribution in [0.25, 0.3) is 11.1 Å². The Morgan fingerprint density at radius 3 is 2.64 bits per heavy atom. The molecule has 0 saturated heterocycles. The molecule has 0 amide bonds. The fraction of sp³-hybridized carbons (Fsp3) is 0.238. The van der Waals surface area contributed by atoms with Crippen molar-refractivity contribution in [1.29, 1.82) is 0 Å². The molecule has 28 heavy (non-hydrogen) atoms. The maximum Gasteiger partial charge on any atom is 0.199 e. The summed E-state index contributed by atoms with van der Waals surface area (Å²) >= 11 is 1.64. The second-order valence-corrected chi connectivity index (χ2v) is 7.68. The number of guanidine groups is 1. The van der Waals surface area contributed by atoms with Crippen LogP contribution in [-0.2, 0) is 17.7 Å². The van der Waals surface area contributed by atoms with Crippen LogP contribution in [0.5, 0.6) is 0 Å². The lowest BCUT2D eigenvalue weighted by atomic mass is 9.97. The van der Waals surface area contributed by atoms with E-state index in [-0.39, 0.29) is 0 Å².